The lowest BCUT2D eigenvalue weighted by Crippen LogP contribution is -2.42. The van der Waals surface area contributed by atoms with Gasteiger partial charge in [-0.2, -0.15) is 0 Å². The summed E-state index contributed by atoms with van der Waals surface area (Å²) in [5.74, 6) is 0.275. The normalized spacial score (nSPS) is 33.4. The molecule has 2 unspecified atom stereocenters. The molecule has 5 nitrogen and oxygen atoms in total. The Labute approximate surface area is 102 Å². The fraction of sp³-hybridized carbons (Fsp3) is 0.909. The van der Waals surface area contributed by atoms with Gasteiger partial charge >= 0.3 is 0 Å². The summed E-state index contributed by atoms with van der Waals surface area (Å²) in [5, 5.41) is 0. The number of amides is 1. The van der Waals surface area contributed by atoms with Crippen molar-refractivity contribution in [2.45, 2.75) is 31.7 Å². The number of sulfone groups is 1. The fourth-order valence-electron chi connectivity index (χ4n) is 2.69. The van der Waals surface area contributed by atoms with Gasteiger partial charge in [-0.05, 0) is 19.3 Å². The minimum Gasteiger partial charge on any atom is -0.341 e. The van der Waals surface area contributed by atoms with Gasteiger partial charge in [0.05, 0.1) is 17.4 Å². The van der Waals surface area contributed by atoms with E-state index in [-0.39, 0.29) is 29.4 Å². The molecule has 2 fully saturated rings. The highest BCUT2D eigenvalue weighted by molar-refractivity contribution is 7.91. The molecule has 0 spiro atoms. The Hall–Kier alpha value is -0.620. The molecule has 98 valence electrons. The average molecular weight is 260 g/mol. The molecule has 0 aromatic carbocycles. The van der Waals surface area contributed by atoms with Crippen molar-refractivity contribution in [2.75, 3.05) is 24.6 Å². The van der Waals surface area contributed by atoms with E-state index in [1.54, 1.807) is 4.90 Å². The molecule has 0 bridgehead atoms. The van der Waals surface area contributed by atoms with Crippen LogP contribution < -0.4 is 5.73 Å². The van der Waals surface area contributed by atoms with E-state index in [9.17, 15) is 13.2 Å². The van der Waals surface area contributed by atoms with Crippen LogP contribution in [0.15, 0.2) is 0 Å². The second-order valence-electron chi connectivity index (χ2n) is 5.03. The molecular formula is C11H20N2O3S. The highest BCUT2D eigenvalue weighted by Gasteiger charge is 2.34. The van der Waals surface area contributed by atoms with Crippen molar-refractivity contribution >= 4 is 15.7 Å². The van der Waals surface area contributed by atoms with Gasteiger partial charge in [-0.1, -0.05) is 6.42 Å². The zero-order valence-electron chi connectivity index (χ0n) is 9.97. The van der Waals surface area contributed by atoms with Crippen molar-refractivity contribution < 1.29 is 13.2 Å². The van der Waals surface area contributed by atoms with Crippen LogP contribution in [0.25, 0.3) is 0 Å². The van der Waals surface area contributed by atoms with Crippen LogP contribution in [0.4, 0.5) is 0 Å². The third-order valence-electron chi connectivity index (χ3n) is 3.75. The molecule has 1 aliphatic carbocycles. The second kappa shape index (κ2) is 4.94. The minimum atomic E-state index is -2.95. The lowest BCUT2D eigenvalue weighted by atomic mass is 10.0. The summed E-state index contributed by atoms with van der Waals surface area (Å²) in [4.78, 5) is 13.9. The SMILES string of the molecule is NC1CCCC1C(=O)N1CCCS(=O)(=O)CC1. The van der Waals surface area contributed by atoms with Crippen molar-refractivity contribution in [2.24, 2.45) is 11.7 Å². The van der Waals surface area contributed by atoms with Crippen molar-refractivity contribution in [1.82, 2.24) is 4.90 Å². The molecule has 1 heterocycles. The third-order valence-corrected chi connectivity index (χ3v) is 5.47. The first-order valence-corrected chi connectivity index (χ1v) is 8.06. The van der Waals surface area contributed by atoms with Crippen molar-refractivity contribution in [3.05, 3.63) is 0 Å². The van der Waals surface area contributed by atoms with Gasteiger partial charge in [0, 0.05) is 19.1 Å². The van der Waals surface area contributed by atoms with Crippen LogP contribution in [-0.4, -0.2) is 49.9 Å². The van der Waals surface area contributed by atoms with E-state index in [1.807, 2.05) is 0 Å². The van der Waals surface area contributed by atoms with Crippen molar-refractivity contribution in [1.29, 1.82) is 0 Å². The largest absolute Gasteiger partial charge is 0.341 e. The van der Waals surface area contributed by atoms with Crippen LogP contribution in [0.1, 0.15) is 25.7 Å². The predicted molar refractivity (Wildman–Crippen MR) is 65.2 cm³/mol. The molecule has 2 rings (SSSR count). The van der Waals surface area contributed by atoms with Gasteiger partial charge < -0.3 is 10.6 Å². The number of nitrogens with two attached hydrogens (primary N) is 1. The maximum absolute atomic E-state index is 12.2. The summed E-state index contributed by atoms with van der Waals surface area (Å²) in [6.07, 6.45) is 3.31. The molecule has 1 saturated heterocycles. The van der Waals surface area contributed by atoms with E-state index in [1.165, 1.54) is 0 Å². The molecule has 2 aliphatic rings. The predicted octanol–water partition coefficient (Wildman–Crippen LogP) is -0.239. The number of hydrogen-bond donors (Lipinski definition) is 1. The monoisotopic (exact) mass is 260 g/mol. The van der Waals surface area contributed by atoms with Gasteiger partial charge in [0.2, 0.25) is 5.91 Å². The summed E-state index contributed by atoms with van der Waals surface area (Å²) >= 11 is 0. The minimum absolute atomic E-state index is 0.0395. The summed E-state index contributed by atoms with van der Waals surface area (Å²) < 4.78 is 22.9. The standard InChI is InChI=1S/C11H20N2O3S/c12-10-4-1-3-9(10)11(14)13-5-2-7-17(15,16)8-6-13/h9-10H,1-8,12H2. The number of hydrogen-bond acceptors (Lipinski definition) is 4. The number of carbonyl (C=O) groups excluding carboxylic acids is 1. The third kappa shape index (κ3) is 2.98. The van der Waals surface area contributed by atoms with Crippen LogP contribution in [0.5, 0.6) is 0 Å². The number of nitrogens with zero attached hydrogens (tertiary/aromatic N) is 1. The second-order valence-corrected chi connectivity index (χ2v) is 7.34. The maximum Gasteiger partial charge on any atom is 0.227 e. The number of rotatable bonds is 1. The highest BCUT2D eigenvalue weighted by Crippen LogP contribution is 2.26. The molecule has 0 aromatic rings. The smallest absolute Gasteiger partial charge is 0.227 e. The molecule has 0 aromatic heterocycles. The van der Waals surface area contributed by atoms with Crippen LogP contribution in [0, 0.1) is 5.92 Å². The Morgan fingerprint density at radius 1 is 1.12 bits per heavy atom. The maximum atomic E-state index is 12.2. The molecule has 0 radical (unpaired) electrons. The summed E-state index contributed by atoms with van der Waals surface area (Å²) in [7, 11) is -2.95. The first-order chi connectivity index (χ1) is 7.99. The van der Waals surface area contributed by atoms with E-state index >= 15 is 0 Å². The lowest BCUT2D eigenvalue weighted by Gasteiger charge is -2.25. The Kier molecular flexibility index (Phi) is 3.73. The van der Waals surface area contributed by atoms with Crippen molar-refractivity contribution in [3.8, 4) is 0 Å². The Balaban J connectivity index is 2.00. The van der Waals surface area contributed by atoms with Gasteiger partial charge in [-0.3, -0.25) is 4.79 Å². The van der Waals surface area contributed by atoms with Crippen LogP contribution in [-0.2, 0) is 14.6 Å². The summed E-state index contributed by atoms with van der Waals surface area (Å²) in [6, 6.07) is -0.0395. The van der Waals surface area contributed by atoms with Gasteiger partial charge in [0.1, 0.15) is 0 Å². The summed E-state index contributed by atoms with van der Waals surface area (Å²) in [6.45, 7) is 0.895. The molecule has 17 heavy (non-hydrogen) atoms. The molecule has 6 heteroatoms. The molecular weight excluding hydrogens is 240 g/mol. The van der Waals surface area contributed by atoms with Gasteiger partial charge in [-0.15, -0.1) is 0 Å². The van der Waals surface area contributed by atoms with E-state index in [2.05, 4.69) is 0 Å². The highest BCUT2D eigenvalue weighted by atomic mass is 32.2. The van der Waals surface area contributed by atoms with E-state index in [0.717, 1.165) is 19.3 Å². The molecule has 2 N–H and O–H groups in total. The Morgan fingerprint density at radius 3 is 2.53 bits per heavy atom. The quantitative estimate of drug-likeness (QED) is 0.705. The zero-order valence-corrected chi connectivity index (χ0v) is 10.8. The molecule has 1 saturated carbocycles. The van der Waals surface area contributed by atoms with E-state index in [4.69, 9.17) is 5.73 Å². The lowest BCUT2D eigenvalue weighted by molar-refractivity contribution is -0.135. The first-order valence-electron chi connectivity index (χ1n) is 6.24. The average Bonchev–Trinajstić information content (AvgIpc) is 2.59. The summed E-state index contributed by atoms with van der Waals surface area (Å²) in [5.41, 5.74) is 5.91. The van der Waals surface area contributed by atoms with Gasteiger partial charge in [-0.25, -0.2) is 8.42 Å². The Bertz CT molecular complexity index is 394. The van der Waals surface area contributed by atoms with Crippen LogP contribution in [0.3, 0.4) is 0 Å². The van der Waals surface area contributed by atoms with Crippen molar-refractivity contribution in [3.63, 3.8) is 0 Å². The zero-order chi connectivity index (χ0) is 12.5. The molecule has 1 aliphatic heterocycles. The Morgan fingerprint density at radius 2 is 1.88 bits per heavy atom. The van der Waals surface area contributed by atoms with Gasteiger partial charge in [0.15, 0.2) is 9.84 Å². The number of carbonyl (C=O) groups is 1. The van der Waals surface area contributed by atoms with E-state index < -0.39 is 9.84 Å². The topological polar surface area (TPSA) is 80.5 Å². The molecule has 2 atom stereocenters. The van der Waals surface area contributed by atoms with Crippen LogP contribution in [0.2, 0.25) is 0 Å². The molecule has 1 amide bonds. The van der Waals surface area contributed by atoms with Crippen LogP contribution >= 0.6 is 0 Å². The van der Waals surface area contributed by atoms with Gasteiger partial charge in [0.25, 0.3) is 0 Å². The fourth-order valence-corrected chi connectivity index (χ4v) is 3.96. The van der Waals surface area contributed by atoms with E-state index in [0.29, 0.717) is 19.5 Å². The first kappa shape index (κ1) is 12.8.